The highest BCUT2D eigenvalue weighted by Gasteiger charge is 2.04. The predicted molar refractivity (Wildman–Crippen MR) is 77.4 cm³/mol. The van der Waals surface area contributed by atoms with Gasteiger partial charge in [0, 0.05) is 4.47 Å². The Hall–Kier alpha value is -0.940. The number of hydrogen-bond donors (Lipinski definition) is 1. The van der Waals surface area contributed by atoms with E-state index in [1.165, 1.54) is 12.1 Å². The third kappa shape index (κ3) is 3.53. The molecule has 0 radical (unpaired) electrons. The first-order valence-corrected chi connectivity index (χ1v) is 7.63. The molecule has 18 heavy (non-hydrogen) atoms. The molecule has 0 amide bonds. The fourth-order valence-corrected chi connectivity index (χ4v) is 2.38. The molecule has 0 spiro atoms. The quantitative estimate of drug-likeness (QED) is 0.863. The van der Waals surface area contributed by atoms with E-state index >= 15 is 0 Å². The monoisotopic (exact) mass is 329 g/mol. The number of halogens is 2. The molecular weight excluding hydrogens is 317 g/mol. The van der Waals surface area contributed by atoms with E-state index in [9.17, 15) is 4.39 Å². The lowest BCUT2D eigenvalue weighted by molar-refractivity contribution is 0.487. The van der Waals surface area contributed by atoms with Crippen LogP contribution in [0.25, 0.3) is 0 Å². The largest absolute Gasteiger partial charge is 0.463 e. The zero-order valence-electron chi connectivity index (χ0n) is 9.87. The summed E-state index contributed by atoms with van der Waals surface area (Å²) >= 11 is 5.09. The molecule has 1 aromatic heterocycles. The molecule has 1 aromatic carbocycles. The second-order valence-electron chi connectivity index (χ2n) is 3.78. The van der Waals surface area contributed by atoms with Crippen LogP contribution < -0.4 is 5.32 Å². The minimum atomic E-state index is -0.261. The lowest BCUT2D eigenvalue weighted by Crippen LogP contribution is -1.99. The van der Waals surface area contributed by atoms with Gasteiger partial charge in [-0.3, -0.25) is 0 Å². The highest BCUT2D eigenvalue weighted by atomic mass is 79.9. The van der Waals surface area contributed by atoms with Crippen molar-refractivity contribution in [1.29, 1.82) is 0 Å². The maximum absolute atomic E-state index is 13.1. The average Bonchev–Trinajstić information content (AvgIpc) is 2.79. The second-order valence-corrected chi connectivity index (χ2v) is 5.50. The summed E-state index contributed by atoms with van der Waals surface area (Å²) in [7, 11) is 0. The van der Waals surface area contributed by atoms with Crippen LogP contribution in [0.2, 0.25) is 0 Å². The number of rotatable bonds is 5. The van der Waals surface area contributed by atoms with Crippen molar-refractivity contribution in [1.82, 2.24) is 0 Å². The van der Waals surface area contributed by atoms with E-state index in [2.05, 4.69) is 21.2 Å². The Labute approximate surface area is 118 Å². The first kappa shape index (κ1) is 13.5. The molecule has 2 rings (SSSR count). The van der Waals surface area contributed by atoms with Gasteiger partial charge in [-0.2, -0.15) is 11.8 Å². The van der Waals surface area contributed by atoms with Crippen LogP contribution in [0.5, 0.6) is 0 Å². The summed E-state index contributed by atoms with van der Waals surface area (Å²) < 4.78 is 19.5. The van der Waals surface area contributed by atoms with Crippen molar-refractivity contribution in [2.75, 3.05) is 11.6 Å². The smallest absolute Gasteiger partial charge is 0.125 e. The lowest BCUT2D eigenvalue weighted by Gasteiger charge is -2.06. The molecule has 0 fully saturated rings. The van der Waals surface area contributed by atoms with E-state index in [0.29, 0.717) is 6.54 Å². The van der Waals surface area contributed by atoms with Crippen molar-refractivity contribution >= 4 is 33.4 Å². The summed E-state index contributed by atoms with van der Waals surface area (Å²) in [6, 6.07) is 8.45. The van der Waals surface area contributed by atoms with E-state index in [-0.39, 0.29) is 5.82 Å². The van der Waals surface area contributed by atoms with Gasteiger partial charge in [-0.1, -0.05) is 0 Å². The number of benzene rings is 1. The van der Waals surface area contributed by atoms with Crippen LogP contribution in [0, 0.1) is 5.82 Å². The van der Waals surface area contributed by atoms with E-state index < -0.39 is 0 Å². The van der Waals surface area contributed by atoms with Crippen LogP contribution in [-0.4, -0.2) is 6.26 Å². The van der Waals surface area contributed by atoms with Crippen LogP contribution in [0.3, 0.4) is 0 Å². The van der Waals surface area contributed by atoms with Crippen molar-refractivity contribution in [3.63, 3.8) is 0 Å². The Bertz CT molecular complexity index is 529. The predicted octanol–water partition coefficient (Wildman–Crippen LogP) is 4.66. The molecule has 0 aliphatic heterocycles. The van der Waals surface area contributed by atoms with Gasteiger partial charge in [0.15, 0.2) is 0 Å². The number of furan rings is 1. The Kier molecular flexibility index (Phi) is 4.72. The van der Waals surface area contributed by atoms with Crippen molar-refractivity contribution < 1.29 is 8.81 Å². The van der Waals surface area contributed by atoms with Gasteiger partial charge < -0.3 is 9.73 Å². The van der Waals surface area contributed by atoms with E-state index in [4.69, 9.17) is 4.42 Å². The summed E-state index contributed by atoms with van der Waals surface area (Å²) in [5, 5.41) is 3.14. The van der Waals surface area contributed by atoms with Crippen LogP contribution >= 0.6 is 27.7 Å². The first-order valence-electron chi connectivity index (χ1n) is 5.44. The van der Waals surface area contributed by atoms with E-state index in [1.54, 1.807) is 17.8 Å². The van der Waals surface area contributed by atoms with Crippen LogP contribution in [0.15, 0.2) is 39.2 Å². The Morgan fingerprint density at radius 3 is 2.83 bits per heavy atom. The highest BCUT2D eigenvalue weighted by Crippen LogP contribution is 2.24. The molecule has 1 heterocycles. The fraction of sp³-hybridized carbons (Fsp3) is 0.231. The standard InChI is InChI=1S/C13H13BrFNOS/c1-18-8-11-4-3-10(17-11)7-16-13-6-9(15)2-5-12(13)14/h2-6,16H,7-8H2,1H3. The Morgan fingerprint density at radius 2 is 2.06 bits per heavy atom. The molecule has 0 saturated heterocycles. The van der Waals surface area contributed by atoms with Crippen molar-refractivity contribution in [3.05, 3.63) is 52.1 Å². The van der Waals surface area contributed by atoms with Crippen LogP contribution in [0.4, 0.5) is 10.1 Å². The van der Waals surface area contributed by atoms with Crippen molar-refractivity contribution in [2.24, 2.45) is 0 Å². The maximum atomic E-state index is 13.1. The molecule has 0 aliphatic rings. The third-order valence-electron chi connectivity index (χ3n) is 2.39. The molecule has 5 heteroatoms. The van der Waals surface area contributed by atoms with Gasteiger partial charge in [0.25, 0.3) is 0 Å². The first-order chi connectivity index (χ1) is 8.69. The maximum Gasteiger partial charge on any atom is 0.125 e. The minimum Gasteiger partial charge on any atom is -0.463 e. The van der Waals surface area contributed by atoms with E-state index in [1.807, 2.05) is 18.4 Å². The second kappa shape index (κ2) is 6.29. The van der Waals surface area contributed by atoms with Crippen molar-refractivity contribution in [3.8, 4) is 0 Å². The normalized spacial score (nSPS) is 10.6. The topological polar surface area (TPSA) is 25.2 Å². The van der Waals surface area contributed by atoms with Crippen LogP contribution in [0.1, 0.15) is 11.5 Å². The van der Waals surface area contributed by atoms with Gasteiger partial charge >= 0.3 is 0 Å². The Balaban J connectivity index is 1.99. The summed E-state index contributed by atoms with van der Waals surface area (Å²) in [6.45, 7) is 0.538. The van der Waals surface area contributed by atoms with Gasteiger partial charge in [-0.05, 0) is 52.5 Å². The summed E-state index contributed by atoms with van der Waals surface area (Å²) in [6.07, 6.45) is 2.03. The summed E-state index contributed by atoms with van der Waals surface area (Å²) in [5.41, 5.74) is 0.720. The highest BCUT2D eigenvalue weighted by molar-refractivity contribution is 9.10. The number of thioether (sulfide) groups is 1. The van der Waals surface area contributed by atoms with Gasteiger partial charge in [0.05, 0.1) is 18.0 Å². The summed E-state index contributed by atoms with van der Waals surface area (Å²) in [5.74, 6) is 2.40. The van der Waals surface area contributed by atoms with Gasteiger partial charge in [0.1, 0.15) is 17.3 Å². The zero-order chi connectivity index (χ0) is 13.0. The molecule has 0 unspecified atom stereocenters. The lowest BCUT2D eigenvalue weighted by atomic mass is 10.3. The molecule has 96 valence electrons. The SMILES string of the molecule is CSCc1ccc(CNc2cc(F)ccc2Br)o1. The molecule has 2 aromatic rings. The molecule has 2 nitrogen and oxygen atoms in total. The molecule has 0 atom stereocenters. The van der Waals surface area contributed by atoms with Crippen molar-refractivity contribution in [2.45, 2.75) is 12.3 Å². The average molecular weight is 330 g/mol. The van der Waals surface area contributed by atoms with Gasteiger partial charge in [-0.25, -0.2) is 4.39 Å². The minimum absolute atomic E-state index is 0.261. The third-order valence-corrected chi connectivity index (χ3v) is 3.65. The molecule has 0 aliphatic carbocycles. The fourth-order valence-electron chi connectivity index (χ4n) is 1.55. The molecule has 1 N–H and O–H groups in total. The molecular formula is C13H13BrFNOS. The number of nitrogens with one attached hydrogen (secondary N) is 1. The molecule has 0 saturated carbocycles. The van der Waals surface area contributed by atoms with Crippen LogP contribution in [-0.2, 0) is 12.3 Å². The Morgan fingerprint density at radius 1 is 1.28 bits per heavy atom. The van der Waals surface area contributed by atoms with Gasteiger partial charge in [0.2, 0.25) is 0 Å². The number of anilines is 1. The summed E-state index contributed by atoms with van der Waals surface area (Å²) in [4.78, 5) is 0. The molecule has 0 bridgehead atoms. The van der Waals surface area contributed by atoms with E-state index in [0.717, 1.165) is 27.4 Å². The van der Waals surface area contributed by atoms with Gasteiger partial charge in [-0.15, -0.1) is 0 Å². The zero-order valence-corrected chi connectivity index (χ0v) is 12.3. The number of hydrogen-bond acceptors (Lipinski definition) is 3.